The second kappa shape index (κ2) is 12.6. The Morgan fingerprint density at radius 1 is 1.23 bits per heavy atom. The molecular weight excluding hydrogens is 576 g/mol. The standard InChI is InChI=1S/C23H29F2N7O4S2.ClH/c1-30(2)11-12-36-23-28-17(13-31(23)3)38(34,35)32-9-7-14(8-10-32)27-22-29-21(26)20(37-22)19(33)18-15(24)5-4-6-16(18)25;/h4-6,13-14H,7-12,26H2,1-3H3,(H,27,29);1H. The highest BCUT2D eigenvalue weighted by Gasteiger charge is 2.32. The minimum atomic E-state index is -3.82. The lowest BCUT2D eigenvalue weighted by atomic mass is 10.1. The molecule has 3 N–H and O–H groups in total. The number of hydrogen-bond donors (Lipinski definition) is 2. The van der Waals surface area contributed by atoms with E-state index in [1.165, 1.54) is 21.1 Å². The van der Waals surface area contributed by atoms with Gasteiger partial charge in [-0.2, -0.15) is 9.29 Å². The van der Waals surface area contributed by atoms with Gasteiger partial charge in [-0.15, -0.1) is 12.4 Å². The third-order valence-corrected chi connectivity index (χ3v) is 8.79. The van der Waals surface area contributed by atoms with Crippen molar-refractivity contribution in [3.63, 3.8) is 0 Å². The Labute approximate surface area is 235 Å². The maximum atomic E-state index is 14.1. The fraction of sp³-hybridized carbons (Fsp3) is 0.435. The zero-order valence-electron chi connectivity index (χ0n) is 21.6. The number of ketones is 1. The third-order valence-electron chi connectivity index (χ3n) is 6.02. The van der Waals surface area contributed by atoms with Gasteiger partial charge in [0.05, 0.1) is 5.56 Å². The molecule has 0 saturated carbocycles. The number of nitrogen functional groups attached to an aromatic ring is 1. The molecule has 1 aromatic carbocycles. The Bertz CT molecular complexity index is 1400. The molecule has 11 nitrogen and oxygen atoms in total. The van der Waals surface area contributed by atoms with E-state index in [1.54, 1.807) is 7.05 Å². The molecule has 0 radical (unpaired) electrons. The van der Waals surface area contributed by atoms with Gasteiger partial charge in [-0.05, 0) is 39.1 Å². The van der Waals surface area contributed by atoms with Crippen molar-refractivity contribution in [1.82, 2.24) is 23.7 Å². The van der Waals surface area contributed by atoms with Crippen molar-refractivity contribution in [2.75, 3.05) is 51.4 Å². The molecule has 39 heavy (non-hydrogen) atoms. The van der Waals surface area contributed by atoms with E-state index in [2.05, 4.69) is 15.3 Å². The van der Waals surface area contributed by atoms with Crippen LogP contribution in [0, 0.1) is 11.6 Å². The predicted molar refractivity (Wildman–Crippen MR) is 146 cm³/mol. The van der Waals surface area contributed by atoms with E-state index in [0.29, 0.717) is 31.1 Å². The monoisotopic (exact) mass is 605 g/mol. The molecule has 4 rings (SSSR count). The average molecular weight is 606 g/mol. The lowest BCUT2D eigenvalue weighted by Gasteiger charge is -2.30. The Morgan fingerprint density at radius 3 is 2.49 bits per heavy atom. The molecule has 1 aliphatic rings. The number of carbonyl (C=O) groups is 1. The minimum absolute atomic E-state index is 0. The van der Waals surface area contributed by atoms with Crippen molar-refractivity contribution in [2.45, 2.75) is 23.9 Å². The highest BCUT2D eigenvalue weighted by atomic mass is 35.5. The summed E-state index contributed by atoms with van der Waals surface area (Å²) in [5.74, 6) is -2.98. The lowest BCUT2D eigenvalue weighted by molar-refractivity contribution is 0.103. The first-order chi connectivity index (χ1) is 18.0. The fourth-order valence-corrected chi connectivity index (χ4v) is 6.28. The number of piperidine rings is 1. The van der Waals surface area contributed by atoms with Crippen LogP contribution in [0.3, 0.4) is 0 Å². The summed E-state index contributed by atoms with van der Waals surface area (Å²) in [6.45, 7) is 1.51. The van der Waals surface area contributed by atoms with Crippen LogP contribution in [0.2, 0.25) is 0 Å². The van der Waals surface area contributed by atoms with Gasteiger partial charge < -0.3 is 25.3 Å². The van der Waals surface area contributed by atoms with Crippen molar-refractivity contribution in [1.29, 1.82) is 0 Å². The summed E-state index contributed by atoms with van der Waals surface area (Å²) in [7, 11) is 1.67. The Balaban J connectivity index is 0.00000420. The number of rotatable bonds is 10. The van der Waals surface area contributed by atoms with Crippen LogP contribution in [-0.2, 0) is 17.1 Å². The average Bonchev–Trinajstić information content (AvgIpc) is 3.41. The first-order valence-corrected chi connectivity index (χ1v) is 14.1. The summed E-state index contributed by atoms with van der Waals surface area (Å²) >= 11 is 0.898. The summed E-state index contributed by atoms with van der Waals surface area (Å²) in [6.07, 6.45) is 2.35. The molecule has 1 aliphatic heterocycles. The van der Waals surface area contributed by atoms with Crippen molar-refractivity contribution < 1.29 is 26.7 Å². The van der Waals surface area contributed by atoms with Crippen LogP contribution >= 0.6 is 23.7 Å². The molecule has 1 saturated heterocycles. The largest absolute Gasteiger partial charge is 0.463 e. The number of thiazole rings is 1. The molecule has 0 spiro atoms. The van der Waals surface area contributed by atoms with Gasteiger partial charge in [0, 0.05) is 38.9 Å². The molecule has 0 bridgehead atoms. The van der Waals surface area contributed by atoms with Crippen LogP contribution in [-0.4, -0.2) is 84.3 Å². The molecule has 3 heterocycles. The molecule has 2 aromatic heterocycles. The normalized spacial score (nSPS) is 14.8. The number of aryl methyl sites for hydroxylation is 1. The first kappa shape index (κ1) is 30.7. The lowest BCUT2D eigenvalue weighted by Crippen LogP contribution is -2.42. The number of nitrogens with one attached hydrogen (secondary N) is 1. The molecule has 3 aromatic rings. The fourth-order valence-electron chi connectivity index (χ4n) is 3.93. The van der Waals surface area contributed by atoms with E-state index >= 15 is 0 Å². The molecular formula is C23H30ClF2N7O4S2. The van der Waals surface area contributed by atoms with Gasteiger partial charge in [0.2, 0.25) is 5.78 Å². The number of ether oxygens (including phenoxy) is 1. The van der Waals surface area contributed by atoms with Crippen LogP contribution in [0.5, 0.6) is 6.01 Å². The van der Waals surface area contributed by atoms with Crippen LogP contribution in [0.25, 0.3) is 0 Å². The number of hydrogen-bond acceptors (Lipinski definition) is 10. The maximum Gasteiger partial charge on any atom is 0.297 e. The van der Waals surface area contributed by atoms with Crippen LogP contribution in [0.15, 0.2) is 29.4 Å². The number of aromatic nitrogens is 3. The molecule has 1 fully saturated rings. The molecule has 0 amide bonds. The molecule has 0 unspecified atom stereocenters. The van der Waals surface area contributed by atoms with Crippen LogP contribution in [0.1, 0.15) is 28.1 Å². The number of nitrogens with two attached hydrogens (primary N) is 1. The van der Waals surface area contributed by atoms with Gasteiger partial charge in [0.25, 0.3) is 16.0 Å². The number of halogens is 3. The van der Waals surface area contributed by atoms with Gasteiger partial charge in [-0.3, -0.25) is 4.79 Å². The quantitative estimate of drug-likeness (QED) is 0.334. The van der Waals surface area contributed by atoms with E-state index in [-0.39, 0.29) is 53.3 Å². The SMILES string of the molecule is CN(C)CCOc1nc(S(=O)(=O)N2CCC(Nc3nc(N)c(C(=O)c4c(F)cccc4F)s3)CC2)cn1C.Cl. The van der Waals surface area contributed by atoms with E-state index < -0.39 is 33.0 Å². The summed E-state index contributed by atoms with van der Waals surface area (Å²) in [4.78, 5) is 22.9. The molecule has 16 heteroatoms. The van der Waals surface area contributed by atoms with Crippen molar-refractivity contribution in [2.24, 2.45) is 7.05 Å². The van der Waals surface area contributed by atoms with Crippen molar-refractivity contribution in [3.05, 3.63) is 46.5 Å². The van der Waals surface area contributed by atoms with Crippen LogP contribution in [0.4, 0.5) is 19.7 Å². The summed E-state index contributed by atoms with van der Waals surface area (Å²) in [5.41, 5.74) is 5.19. The third kappa shape index (κ3) is 6.84. The Hall–Kier alpha value is -2.85. The highest BCUT2D eigenvalue weighted by molar-refractivity contribution is 7.89. The molecule has 0 atom stereocenters. The second-order valence-electron chi connectivity index (χ2n) is 9.11. The number of nitrogens with zero attached hydrogens (tertiary/aromatic N) is 5. The number of imidazole rings is 1. The van der Waals surface area contributed by atoms with E-state index in [9.17, 15) is 22.0 Å². The van der Waals surface area contributed by atoms with Crippen LogP contribution < -0.4 is 15.8 Å². The summed E-state index contributed by atoms with van der Waals surface area (Å²) < 4.78 is 62.9. The maximum absolute atomic E-state index is 14.1. The summed E-state index contributed by atoms with van der Waals surface area (Å²) in [5, 5.41) is 3.39. The topological polar surface area (TPSA) is 136 Å². The second-order valence-corrected chi connectivity index (χ2v) is 12.0. The number of sulfonamides is 1. The Morgan fingerprint density at radius 2 is 1.87 bits per heavy atom. The molecule has 214 valence electrons. The number of likely N-dealkylation sites (N-methyl/N-ethyl adjacent to an activating group) is 1. The Kier molecular flexibility index (Phi) is 9.88. The van der Waals surface area contributed by atoms with E-state index in [1.807, 2.05) is 19.0 Å². The van der Waals surface area contributed by atoms with Gasteiger partial charge in [0.1, 0.15) is 28.9 Å². The zero-order chi connectivity index (χ0) is 27.6. The zero-order valence-corrected chi connectivity index (χ0v) is 24.0. The first-order valence-electron chi connectivity index (χ1n) is 11.8. The van der Waals surface area contributed by atoms with Crippen molar-refractivity contribution >= 4 is 50.5 Å². The van der Waals surface area contributed by atoms with E-state index in [4.69, 9.17) is 10.5 Å². The highest BCUT2D eigenvalue weighted by Crippen LogP contribution is 2.31. The van der Waals surface area contributed by atoms with Gasteiger partial charge in [0.15, 0.2) is 10.2 Å². The van der Waals surface area contributed by atoms with E-state index in [0.717, 1.165) is 23.5 Å². The predicted octanol–water partition coefficient (Wildman–Crippen LogP) is 2.60. The molecule has 0 aliphatic carbocycles. The van der Waals surface area contributed by atoms with Crippen molar-refractivity contribution in [3.8, 4) is 6.01 Å². The minimum Gasteiger partial charge on any atom is -0.463 e. The van der Waals surface area contributed by atoms with Gasteiger partial charge in [-0.1, -0.05) is 17.4 Å². The number of carbonyl (C=O) groups excluding carboxylic acids is 1. The summed E-state index contributed by atoms with van der Waals surface area (Å²) in [6, 6.07) is 3.25. The number of anilines is 2. The van der Waals surface area contributed by atoms with Gasteiger partial charge >= 0.3 is 0 Å². The smallest absolute Gasteiger partial charge is 0.297 e. The number of benzene rings is 1. The van der Waals surface area contributed by atoms with Gasteiger partial charge in [-0.25, -0.2) is 22.2 Å².